The highest BCUT2D eigenvalue weighted by Crippen LogP contribution is 2.60. The third-order valence-corrected chi connectivity index (χ3v) is 5.42. The van der Waals surface area contributed by atoms with Gasteiger partial charge < -0.3 is 4.42 Å². The van der Waals surface area contributed by atoms with Crippen LogP contribution in [0.1, 0.15) is 36.8 Å². The van der Waals surface area contributed by atoms with Gasteiger partial charge in [-0.15, -0.1) is 0 Å². The second-order valence-electron chi connectivity index (χ2n) is 7.12. The van der Waals surface area contributed by atoms with E-state index >= 15 is 0 Å². The first-order chi connectivity index (χ1) is 12.3. The van der Waals surface area contributed by atoms with E-state index in [4.69, 9.17) is 4.42 Å². The van der Waals surface area contributed by atoms with Crippen LogP contribution >= 0.6 is 0 Å². The van der Waals surface area contributed by atoms with E-state index in [2.05, 4.69) is 86.7 Å². The largest absolute Gasteiger partial charge is 0.455 e. The van der Waals surface area contributed by atoms with Gasteiger partial charge in [-0.2, -0.15) is 0 Å². The molecule has 5 rings (SSSR count). The first-order valence-electron chi connectivity index (χ1n) is 8.88. The standard InChI is InChI=1S/C24H20O/c1-15(2)20-18-13-14-19(20)22-21(18)23(16-9-5-3-6-10-16)25-24(22)17-11-7-4-8-12-17/h3-14,18-19H,1-2H3. The van der Waals surface area contributed by atoms with Gasteiger partial charge >= 0.3 is 0 Å². The van der Waals surface area contributed by atoms with Gasteiger partial charge in [-0.3, -0.25) is 0 Å². The number of hydrogen-bond acceptors (Lipinski definition) is 1. The van der Waals surface area contributed by atoms with Gasteiger partial charge in [0.1, 0.15) is 11.5 Å². The molecule has 0 aliphatic heterocycles. The van der Waals surface area contributed by atoms with Crippen LogP contribution in [0.4, 0.5) is 0 Å². The van der Waals surface area contributed by atoms with E-state index in [1.54, 1.807) is 0 Å². The van der Waals surface area contributed by atoms with Gasteiger partial charge in [-0.25, -0.2) is 0 Å². The summed E-state index contributed by atoms with van der Waals surface area (Å²) < 4.78 is 6.51. The minimum absolute atomic E-state index is 0.362. The smallest absolute Gasteiger partial charge is 0.139 e. The Kier molecular flexibility index (Phi) is 3.11. The molecule has 2 aliphatic rings. The van der Waals surface area contributed by atoms with E-state index in [1.165, 1.54) is 22.3 Å². The zero-order valence-electron chi connectivity index (χ0n) is 14.5. The Morgan fingerprint density at radius 3 is 1.52 bits per heavy atom. The summed E-state index contributed by atoms with van der Waals surface area (Å²) >= 11 is 0. The SMILES string of the molecule is CC(C)=C1C2C=CC1c1c(-c3ccccc3)oc(-c3ccccc3)c12. The molecule has 1 nitrogen and oxygen atoms in total. The van der Waals surface area contributed by atoms with E-state index in [9.17, 15) is 0 Å². The molecule has 3 aromatic rings. The second kappa shape index (κ2) is 5.35. The molecule has 1 heteroatoms. The molecular formula is C24H20O. The van der Waals surface area contributed by atoms with Crippen molar-refractivity contribution >= 4 is 0 Å². The molecule has 2 aliphatic carbocycles. The van der Waals surface area contributed by atoms with Crippen molar-refractivity contribution in [3.8, 4) is 22.6 Å². The maximum atomic E-state index is 6.51. The predicted octanol–water partition coefficient (Wildman–Crippen LogP) is 6.70. The van der Waals surface area contributed by atoms with Crippen LogP contribution in [0, 0.1) is 0 Å². The van der Waals surface area contributed by atoms with Crippen LogP contribution in [0.25, 0.3) is 22.6 Å². The number of fused-ring (bicyclic) bond motifs is 5. The molecule has 0 fully saturated rings. The Balaban J connectivity index is 1.81. The van der Waals surface area contributed by atoms with Crippen molar-refractivity contribution in [3.63, 3.8) is 0 Å². The average Bonchev–Trinajstić information content (AvgIpc) is 3.32. The monoisotopic (exact) mass is 324 g/mol. The summed E-state index contributed by atoms with van der Waals surface area (Å²) in [5.41, 5.74) is 8.02. The highest BCUT2D eigenvalue weighted by atomic mass is 16.3. The lowest BCUT2D eigenvalue weighted by molar-refractivity contribution is 0.588. The highest BCUT2D eigenvalue weighted by Gasteiger charge is 2.44. The molecule has 1 aromatic heterocycles. The summed E-state index contributed by atoms with van der Waals surface area (Å²) in [4.78, 5) is 0. The minimum atomic E-state index is 0.362. The zero-order chi connectivity index (χ0) is 17.0. The number of rotatable bonds is 2. The molecule has 25 heavy (non-hydrogen) atoms. The Labute approximate surface area is 148 Å². The van der Waals surface area contributed by atoms with Gasteiger partial charge in [-0.1, -0.05) is 78.4 Å². The summed E-state index contributed by atoms with van der Waals surface area (Å²) in [6.07, 6.45) is 4.71. The van der Waals surface area contributed by atoms with E-state index in [-0.39, 0.29) is 0 Å². The van der Waals surface area contributed by atoms with Gasteiger partial charge in [0.15, 0.2) is 0 Å². The van der Waals surface area contributed by atoms with E-state index in [0.29, 0.717) is 11.8 Å². The molecule has 1 heterocycles. The molecule has 0 N–H and O–H groups in total. The van der Waals surface area contributed by atoms with Crippen LogP contribution in [0.5, 0.6) is 0 Å². The lowest BCUT2D eigenvalue weighted by Crippen LogP contribution is -1.93. The molecule has 0 saturated carbocycles. The van der Waals surface area contributed by atoms with Crippen molar-refractivity contribution in [2.75, 3.05) is 0 Å². The Bertz CT molecular complexity index is 925. The van der Waals surface area contributed by atoms with Crippen LogP contribution < -0.4 is 0 Å². The fourth-order valence-electron chi connectivity index (χ4n) is 4.43. The molecule has 0 radical (unpaired) electrons. The van der Waals surface area contributed by atoms with E-state index in [1.807, 2.05) is 0 Å². The summed E-state index contributed by atoms with van der Waals surface area (Å²) in [6, 6.07) is 21.0. The average molecular weight is 324 g/mol. The van der Waals surface area contributed by atoms with Crippen molar-refractivity contribution in [3.05, 3.63) is 95.1 Å². The van der Waals surface area contributed by atoms with E-state index in [0.717, 1.165) is 22.6 Å². The molecule has 122 valence electrons. The lowest BCUT2D eigenvalue weighted by atomic mass is 9.93. The van der Waals surface area contributed by atoms with Crippen LogP contribution in [-0.2, 0) is 0 Å². The van der Waals surface area contributed by atoms with Crippen LogP contribution in [0.2, 0.25) is 0 Å². The maximum Gasteiger partial charge on any atom is 0.139 e. The van der Waals surface area contributed by atoms with Crippen LogP contribution in [0.3, 0.4) is 0 Å². The van der Waals surface area contributed by atoms with Gasteiger partial charge in [0, 0.05) is 34.1 Å². The molecule has 2 aromatic carbocycles. The first-order valence-corrected chi connectivity index (χ1v) is 8.88. The number of benzene rings is 2. The minimum Gasteiger partial charge on any atom is -0.455 e. The number of furan rings is 1. The molecule has 2 unspecified atom stereocenters. The summed E-state index contributed by atoms with van der Waals surface area (Å²) in [6.45, 7) is 4.46. The summed E-state index contributed by atoms with van der Waals surface area (Å²) in [5.74, 6) is 2.79. The van der Waals surface area contributed by atoms with Crippen LogP contribution in [0.15, 0.2) is 88.4 Å². The molecule has 2 bridgehead atoms. The van der Waals surface area contributed by atoms with Gasteiger partial charge in [0.05, 0.1) is 0 Å². The second-order valence-corrected chi connectivity index (χ2v) is 7.12. The van der Waals surface area contributed by atoms with Gasteiger partial charge in [0.25, 0.3) is 0 Å². The van der Waals surface area contributed by atoms with Crippen LogP contribution in [-0.4, -0.2) is 0 Å². The van der Waals surface area contributed by atoms with Crippen molar-refractivity contribution < 1.29 is 4.42 Å². The third kappa shape index (κ3) is 2.02. The quantitative estimate of drug-likeness (QED) is 0.478. The normalized spacial score (nSPS) is 20.2. The zero-order valence-corrected chi connectivity index (χ0v) is 14.5. The maximum absolute atomic E-state index is 6.51. The van der Waals surface area contributed by atoms with Crippen molar-refractivity contribution in [2.45, 2.75) is 25.7 Å². The molecular weight excluding hydrogens is 304 g/mol. The summed E-state index contributed by atoms with van der Waals surface area (Å²) in [5, 5.41) is 0. The highest BCUT2D eigenvalue weighted by molar-refractivity contribution is 5.81. The number of allylic oxidation sites excluding steroid dienone is 4. The van der Waals surface area contributed by atoms with E-state index < -0.39 is 0 Å². The molecule has 2 atom stereocenters. The topological polar surface area (TPSA) is 13.1 Å². The molecule has 0 saturated heterocycles. The first kappa shape index (κ1) is 14.5. The molecule has 0 amide bonds. The Morgan fingerprint density at radius 2 is 1.12 bits per heavy atom. The third-order valence-electron chi connectivity index (χ3n) is 5.42. The lowest BCUT2D eigenvalue weighted by Gasteiger charge is -2.11. The summed E-state index contributed by atoms with van der Waals surface area (Å²) in [7, 11) is 0. The Morgan fingerprint density at radius 1 is 0.680 bits per heavy atom. The fraction of sp³-hybridized carbons (Fsp3) is 0.167. The van der Waals surface area contributed by atoms with Crippen molar-refractivity contribution in [1.29, 1.82) is 0 Å². The number of hydrogen-bond donors (Lipinski definition) is 0. The molecule has 0 spiro atoms. The van der Waals surface area contributed by atoms with Gasteiger partial charge in [-0.05, 0) is 19.4 Å². The van der Waals surface area contributed by atoms with Crippen molar-refractivity contribution in [2.24, 2.45) is 0 Å². The van der Waals surface area contributed by atoms with Gasteiger partial charge in [0.2, 0.25) is 0 Å². The Hall–Kier alpha value is -2.80. The predicted molar refractivity (Wildman–Crippen MR) is 103 cm³/mol. The fourth-order valence-corrected chi connectivity index (χ4v) is 4.43. The van der Waals surface area contributed by atoms with Crippen molar-refractivity contribution in [1.82, 2.24) is 0 Å².